The molecule has 0 aromatic carbocycles. The van der Waals surface area contributed by atoms with E-state index >= 15 is 0 Å². The van der Waals surface area contributed by atoms with Gasteiger partial charge in [0, 0.05) is 31.7 Å². The normalized spacial score (nSPS) is 26.4. The van der Waals surface area contributed by atoms with Crippen LogP contribution < -0.4 is 10.6 Å². The first-order valence-electron chi connectivity index (χ1n) is 7.00. The van der Waals surface area contributed by atoms with Crippen molar-refractivity contribution in [2.45, 2.75) is 51.1 Å². The molecule has 1 amide bonds. The van der Waals surface area contributed by atoms with E-state index in [0.29, 0.717) is 18.6 Å². The summed E-state index contributed by atoms with van der Waals surface area (Å²) in [5, 5.41) is 6.53. The van der Waals surface area contributed by atoms with Gasteiger partial charge in [-0.1, -0.05) is 19.3 Å². The summed E-state index contributed by atoms with van der Waals surface area (Å²) < 4.78 is 0. The maximum atomic E-state index is 12.0. The minimum atomic E-state index is 0. The molecule has 5 heteroatoms. The molecule has 1 saturated carbocycles. The van der Waals surface area contributed by atoms with E-state index in [4.69, 9.17) is 0 Å². The van der Waals surface area contributed by atoms with Gasteiger partial charge >= 0.3 is 0 Å². The Kier molecular flexibility index (Phi) is 6.97. The van der Waals surface area contributed by atoms with Crippen molar-refractivity contribution in [2.75, 3.05) is 26.2 Å². The van der Waals surface area contributed by atoms with Crippen molar-refractivity contribution in [1.29, 1.82) is 0 Å². The van der Waals surface area contributed by atoms with Crippen molar-refractivity contribution in [3.8, 4) is 0 Å². The van der Waals surface area contributed by atoms with E-state index in [0.717, 1.165) is 19.6 Å². The van der Waals surface area contributed by atoms with Gasteiger partial charge in [0.15, 0.2) is 0 Å². The SMILES string of the molecule is C[C@H]1CNCCN1CC(=O)NC1CCCCC1.Cl. The molecule has 0 spiro atoms. The molecule has 1 saturated heterocycles. The number of carbonyl (C=O) groups is 1. The van der Waals surface area contributed by atoms with Crippen molar-refractivity contribution in [2.24, 2.45) is 0 Å². The second kappa shape index (κ2) is 7.97. The summed E-state index contributed by atoms with van der Waals surface area (Å²) >= 11 is 0. The molecule has 1 heterocycles. The zero-order valence-electron chi connectivity index (χ0n) is 11.3. The Morgan fingerprint density at radius 1 is 1.33 bits per heavy atom. The third-order valence-electron chi connectivity index (χ3n) is 3.96. The van der Waals surface area contributed by atoms with E-state index < -0.39 is 0 Å². The van der Waals surface area contributed by atoms with Gasteiger partial charge in [-0.3, -0.25) is 9.69 Å². The molecule has 0 unspecified atom stereocenters. The van der Waals surface area contributed by atoms with Crippen LogP contribution in [-0.2, 0) is 4.79 Å². The second-order valence-electron chi connectivity index (χ2n) is 5.43. The van der Waals surface area contributed by atoms with Crippen molar-refractivity contribution in [3.05, 3.63) is 0 Å². The lowest BCUT2D eigenvalue weighted by molar-refractivity contribution is -0.123. The lowest BCUT2D eigenvalue weighted by Crippen LogP contribution is -2.53. The lowest BCUT2D eigenvalue weighted by Gasteiger charge is -2.34. The zero-order valence-corrected chi connectivity index (χ0v) is 12.1. The molecule has 1 aliphatic heterocycles. The number of rotatable bonds is 3. The molecule has 0 aromatic rings. The number of nitrogens with one attached hydrogen (secondary N) is 2. The first-order valence-corrected chi connectivity index (χ1v) is 7.00. The van der Waals surface area contributed by atoms with E-state index in [2.05, 4.69) is 22.5 Å². The van der Waals surface area contributed by atoms with Crippen LogP contribution in [0.5, 0.6) is 0 Å². The molecule has 0 radical (unpaired) electrons. The fraction of sp³-hybridized carbons (Fsp3) is 0.923. The largest absolute Gasteiger partial charge is 0.352 e. The highest BCUT2D eigenvalue weighted by Crippen LogP contribution is 2.17. The van der Waals surface area contributed by atoms with Crippen LogP contribution in [0.2, 0.25) is 0 Å². The molecule has 2 rings (SSSR count). The molecule has 1 aliphatic carbocycles. The van der Waals surface area contributed by atoms with E-state index in [1.165, 1.54) is 32.1 Å². The molecule has 2 aliphatic rings. The summed E-state index contributed by atoms with van der Waals surface area (Å²) in [6.45, 7) is 5.73. The quantitative estimate of drug-likeness (QED) is 0.812. The topological polar surface area (TPSA) is 44.4 Å². The Labute approximate surface area is 116 Å². The van der Waals surface area contributed by atoms with Crippen molar-refractivity contribution in [1.82, 2.24) is 15.5 Å². The predicted molar refractivity (Wildman–Crippen MR) is 76.2 cm³/mol. The number of amides is 1. The van der Waals surface area contributed by atoms with E-state index in [9.17, 15) is 4.79 Å². The van der Waals surface area contributed by atoms with Gasteiger partial charge in [-0.05, 0) is 19.8 Å². The summed E-state index contributed by atoms with van der Waals surface area (Å²) in [5.41, 5.74) is 0. The molecular weight excluding hydrogens is 250 g/mol. The third-order valence-corrected chi connectivity index (χ3v) is 3.96. The molecule has 1 atom stereocenters. The van der Waals surface area contributed by atoms with Crippen LogP contribution in [0.25, 0.3) is 0 Å². The maximum absolute atomic E-state index is 12.0. The number of hydrogen-bond donors (Lipinski definition) is 2. The van der Waals surface area contributed by atoms with Gasteiger partial charge in [-0.15, -0.1) is 12.4 Å². The fourth-order valence-corrected chi connectivity index (χ4v) is 2.82. The highest BCUT2D eigenvalue weighted by Gasteiger charge is 2.22. The van der Waals surface area contributed by atoms with Crippen LogP contribution in [0.15, 0.2) is 0 Å². The maximum Gasteiger partial charge on any atom is 0.234 e. The van der Waals surface area contributed by atoms with Crippen molar-refractivity contribution >= 4 is 18.3 Å². The highest BCUT2D eigenvalue weighted by atomic mass is 35.5. The van der Waals surface area contributed by atoms with Gasteiger partial charge in [-0.2, -0.15) is 0 Å². The molecule has 2 N–H and O–H groups in total. The minimum Gasteiger partial charge on any atom is -0.352 e. The zero-order chi connectivity index (χ0) is 12.1. The van der Waals surface area contributed by atoms with E-state index in [1.807, 2.05) is 0 Å². The minimum absolute atomic E-state index is 0. The van der Waals surface area contributed by atoms with Crippen LogP contribution in [0.3, 0.4) is 0 Å². The van der Waals surface area contributed by atoms with Gasteiger partial charge in [0.05, 0.1) is 6.54 Å². The molecule has 4 nitrogen and oxygen atoms in total. The summed E-state index contributed by atoms with van der Waals surface area (Å²) in [4.78, 5) is 14.2. The second-order valence-corrected chi connectivity index (χ2v) is 5.43. The third kappa shape index (κ3) is 4.75. The molecule has 0 bridgehead atoms. The lowest BCUT2D eigenvalue weighted by atomic mass is 9.95. The van der Waals surface area contributed by atoms with Crippen LogP contribution in [-0.4, -0.2) is 49.1 Å². The average molecular weight is 276 g/mol. The Balaban J connectivity index is 0.00000162. The molecule has 18 heavy (non-hydrogen) atoms. The monoisotopic (exact) mass is 275 g/mol. The Morgan fingerprint density at radius 3 is 2.72 bits per heavy atom. The van der Waals surface area contributed by atoms with Crippen molar-refractivity contribution < 1.29 is 4.79 Å². The Morgan fingerprint density at radius 2 is 2.06 bits per heavy atom. The van der Waals surface area contributed by atoms with Gasteiger partial charge in [0.25, 0.3) is 0 Å². The molecule has 106 valence electrons. The summed E-state index contributed by atoms with van der Waals surface area (Å²) in [7, 11) is 0. The van der Waals surface area contributed by atoms with Gasteiger partial charge in [0.1, 0.15) is 0 Å². The summed E-state index contributed by atoms with van der Waals surface area (Å²) in [6, 6.07) is 0.912. The average Bonchev–Trinajstić information content (AvgIpc) is 2.33. The smallest absolute Gasteiger partial charge is 0.234 e. The molecular formula is C13H26ClN3O. The summed E-state index contributed by atoms with van der Waals surface area (Å²) in [5.74, 6) is 0.214. The van der Waals surface area contributed by atoms with Gasteiger partial charge in [-0.25, -0.2) is 0 Å². The van der Waals surface area contributed by atoms with Gasteiger partial charge < -0.3 is 10.6 Å². The van der Waals surface area contributed by atoms with Crippen LogP contribution in [0.1, 0.15) is 39.0 Å². The number of nitrogens with zero attached hydrogens (tertiary/aromatic N) is 1. The Hall–Kier alpha value is -0.320. The Bertz CT molecular complexity index is 257. The number of halogens is 1. The van der Waals surface area contributed by atoms with E-state index in [1.54, 1.807) is 0 Å². The molecule has 2 fully saturated rings. The number of hydrogen-bond acceptors (Lipinski definition) is 3. The fourth-order valence-electron chi connectivity index (χ4n) is 2.82. The summed E-state index contributed by atoms with van der Waals surface area (Å²) in [6.07, 6.45) is 6.22. The standard InChI is InChI=1S/C13H25N3O.ClH/c1-11-9-14-7-8-16(11)10-13(17)15-12-5-3-2-4-6-12;/h11-12,14H,2-10H2,1H3,(H,15,17);1H/t11-;/m0./s1. The first kappa shape index (κ1) is 15.7. The first-order chi connectivity index (χ1) is 8.25. The van der Waals surface area contributed by atoms with E-state index in [-0.39, 0.29) is 18.3 Å². The van der Waals surface area contributed by atoms with Gasteiger partial charge in [0.2, 0.25) is 5.91 Å². The van der Waals surface area contributed by atoms with Crippen molar-refractivity contribution in [3.63, 3.8) is 0 Å². The van der Waals surface area contributed by atoms with Crippen LogP contribution in [0, 0.1) is 0 Å². The number of piperazine rings is 1. The number of carbonyl (C=O) groups excluding carboxylic acids is 1. The molecule has 0 aromatic heterocycles. The highest BCUT2D eigenvalue weighted by molar-refractivity contribution is 5.85. The van der Waals surface area contributed by atoms with Crippen LogP contribution >= 0.6 is 12.4 Å². The predicted octanol–water partition coefficient (Wildman–Crippen LogP) is 1.15. The van der Waals surface area contributed by atoms with Crippen LogP contribution in [0.4, 0.5) is 0 Å².